The molecule has 0 aliphatic heterocycles. The summed E-state index contributed by atoms with van der Waals surface area (Å²) in [6.07, 6.45) is 2.84. The van der Waals surface area contributed by atoms with Gasteiger partial charge < -0.3 is 5.11 Å². The maximum Gasteiger partial charge on any atom is -0.0128 e. The molecule has 0 bridgehead atoms. The smallest absolute Gasteiger partial charge is 0.0128 e. The van der Waals surface area contributed by atoms with Gasteiger partial charge in [0.05, 0.1) is 0 Å². The maximum absolute atomic E-state index is 10.9. The maximum atomic E-state index is 10.9. The van der Waals surface area contributed by atoms with Crippen LogP contribution in [0.5, 0.6) is 0 Å². The molecule has 0 N–H and O–H groups in total. The lowest BCUT2D eigenvalue weighted by Gasteiger charge is -2.16. The predicted molar refractivity (Wildman–Crippen MR) is 51.3 cm³/mol. The molecular weight excluding hydrogens is 160 g/mol. The average Bonchev–Trinajstić information content (AvgIpc) is 2.48. The van der Waals surface area contributed by atoms with Crippen LogP contribution in [0.25, 0.3) is 0 Å². The molecule has 1 heteroatoms. The molecule has 1 aliphatic rings. The summed E-state index contributed by atoms with van der Waals surface area (Å²) in [7, 11) is 0. The molecule has 0 saturated heterocycles. The van der Waals surface area contributed by atoms with Gasteiger partial charge in [-0.05, 0) is 36.3 Å². The zero-order valence-corrected chi connectivity index (χ0v) is 7.62. The summed E-state index contributed by atoms with van der Waals surface area (Å²) in [5, 5.41) is 10.9. The SMILES string of the molecule is C=C([O-])CC1CCc2ccccc21. The van der Waals surface area contributed by atoms with E-state index < -0.39 is 0 Å². The van der Waals surface area contributed by atoms with Crippen molar-refractivity contribution in [2.75, 3.05) is 0 Å². The van der Waals surface area contributed by atoms with E-state index in [9.17, 15) is 5.11 Å². The molecule has 1 aromatic rings. The minimum Gasteiger partial charge on any atom is -0.876 e. The third-order valence-corrected chi connectivity index (χ3v) is 2.73. The number of benzene rings is 1. The molecule has 1 nitrogen and oxygen atoms in total. The van der Waals surface area contributed by atoms with Crippen molar-refractivity contribution < 1.29 is 5.11 Å². The standard InChI is InChI=1S/C12H14O/c1-9(13)8-11-7-6-10-4-2-3-5-12(10)11/h2-5,11,13H,1,6-8H2/p-1. The molecule has 13 heavy (non-hydrogen) atoms. The molecule has 68 valence electrons. The first-order valence-electron chi connectivity index (χ1n) is 4.70. The normalized spacial score (nSPS) is 19.8. The summed E-state index contributed by atoms with van der Waals surface area (Å²) >= 11 is 0. The van der Waals surface area contributed by atoms with E-state index in [-0.39, 0.29) is 5.76 Å². The molecule has 2 rings (SSSR count). The van der Waals surface area contributed by atoms with Gasteiger partial charge in [0.25, 0.3) is 0 Å². The summed E-state index contributed by atoms with van der Waals surface area (Å²) in [6, 6.07) is 8.40. The van der Waals surface area contributed by atoms with Crippen molar-refractivity contribution in [1.29, 1.82) is 0 Å². The van der Waals surface area contributed by atoms with Crippen molar-refractivity contribution in [3.8, 4) is 0 Å². The lowest BCUT2D eigenvalue weighted by atomic mass is 9.97. The highest BCUT2D eigenvalue weighted by molar-refractivity contribution is 5.35. The Hall–Kier alpha value is -1.24. The van der Waals surface area contributed by atoms with E-state index in [1.54, 1.807) is 0 Å². The van der Waals surface area contributed by atoms with E-state index in [0.717, 1.165) is 12.8 Å². The molecule has 1 aliphatic carbocycles. The highest BCUT2D eigenvalue weighted by Crippen LogP contribution is 2.35. The van der Waals surface area contributed by atoms with Crippen molar-refractivity contribution in [2.45, 2.75) is 25.2 Å². The van der Waals surface area contributed by atoms with Crippen LogP contribution in [0.1, 0.15) is 29.9 Å². The van der Waals surface area contributed by atoms with Gasteiger partial charge >= 0.3 is 0 Å². The first kappa shape index (κ1) is 8.36. The minimum absolute atomic E-state index is 0.0571. The van der Waals surface area contributed by atoms with Gasteiger partial charge in [-0.15, -0.1) is 12.3 Å². The van der Waals surface area contributed by atoms with Crippen LogP contribution in [0.3, 0.4) is 0 Å². The Morgan fingerprint density at radius 3 is 3.00 bits per heavy atom. The van der Waals surface area contributed by atoms with Gasteiger partial charge in [0.1, 0.15) is 0 Å². The second-order valence-corrected chi connectivity index (χ2v) is 3.68. The third kappa shape index (κ3) is 1.59. The van der Waals surface area contributed by atoms with E-state index in [0.29, 0.717) is 12.3 Å². The minimum atomic E-state index is 0.0571. The van der Waals surface area contributed by atoms with Gasteiger partial charge in [0.15, 0.2) is 0 Å². The number of hydrogen-bond acceptors (Lipinski definition) is 1. The Morgan fingerprint density at radius 1 is 1.46 bits per heavy atom. The van der Waals surface area contributed by atoms with Crippen molar-refractivity contribution in [3.63, 3.8) is 0 Å². The van der Waals surface area contributed by atoms with Crippen LogP contribution in [0.15, 0.2) is 36.6 Å². The lowest BCUT2D eigenvalue weighted by Crippen LogP contribution is -2.05. The highest BCUT2D eigenvalue weighted by Gasteiger charge is 2.20. The zero-order chi connectivity index (χ0) is 9.26. The van der Waals surface area contributed by atoms with E-state index in [4.69, 9.17) is 0 Å². The number of fused-ring (bicyclic) bond motifs is 1. The van der Waals surface area contributed by atoms with Gasteiger partial charge in [-0.25, -0.2) is 0 Å². The molecule has 0 saturated carbocycles. The molecule has 0 fully saturated rings. The van der Waals surface area contributed by atoms with Crippen molar-refractivity contribution in [2.24, 2.45) is 0 Å². The van der Waals surface area contributed by atoms with Gasteiger partial charge in [0, 0.05) is 0 Å². The van der Waals surface area contributed by atoms with Gasteiger partial charge in [-0.2, -0.15) is 0 Å². The van der Waals surface area contributed by atoms with Gasteiger partial charge in [-0.1, -0.05) is 24.3 Å². The van der Waals surface area contributed by atoms with Crippen molar-refractivity contribution in [1.82, 2.24) is 0 Å². The second kappa shape index (κ2) is 3.25. The summed E-state index contributed by atoms with van der Waals surface area (Å²) in [5.74, 6) is 0.489. The first-order chi connectivity index (χ1) is 6.27. The van der Waals surface area contributed by atoms with Gasteiger partial charge in [0.2, 0.25) is 0 Å². The molecule has 0 aromatic heterocycles. The average molecular weight is 173 g/mol. The topological polar surface area (TPSA) is 23.1 Å². The first-order valence-corrected chi connectivity index (χ1v) is 4.70. The number of hydrogen-bond donors (Lipinski definition) is 0. The fourth-order valence-electron chi connectivity index (χ4n) is 2.13. The van der Waals surface area contributed by atoms with E-state index >= 15 is 0 Å². The van der Waals surface area contributed by atoms with Crippen molar-refractivity contribution in [3.05, 3.63) is 47.7 Å². The third-order valence-electron chi connectivity index (χ3n) is 2.73. The summed E-state index contributed by atoms with van der Waals surface area (Å²) in [6.45, 7) is 3.44. The lowest BCUT2D eigenvalue weighted by molar-refractivity contribution is -0.306. The molecule has 1 aromatic carbocycles. The van der Waals surface area contributed by atoms with E-state index in [1.165, 1.54) is 11.1 Å². The largest absolute Gasteiger partial charge is 0.876 e. The van der Waals surface area contributed by atoms with Crippen LogP contribution in [0.2, 0.25) is 0 Å². The summed E-state index contributed by atoms with van der Waals surface area (Å²) in [4.78, 5) is 0. The Balaban J connectivity index is 2.23. The molecule has 0 spiro atoms. The quantitative estimate of drug-likeness (QED) is 0.627. The second-order valence-electron chi connectivity index (χ2n) is 3.68. The van der Waals surface area contributed by atoms with Crippen LogP contribution in [-0.4, -0.2) is 0 Å². The molecule has 0 radical (unpaired) electrons. The van der Waals surface area contributed by atoms with Crippen LogP contribution in [0.4, 0.5) is 0 Å². The Bertz CT molecular complexity index is 328. The molecular formula is C12H13O-. The van der Waals surface area contributed by atoms with Crippen LogP contribution in [-0.2, 0) is 6.42 Å². The molecule has 1 atom stereocenters. The monoisotopic (exact) mass is 173 g/mol. The van der Waals surface area contributed by atoms with Gasteiger partial charge in [-0.3, -0.25) is 0 Å². The van der Waals surface area contributed by atoms with Crippen LogP contribution < -0.4 is 5.11 Å². The summed E-state index contributed by atoms with van der Waals surface area (Å²) in [5.41, 5.74) is 2.77. The van der Waals surface area contributed by atoms with E-state index in [1.807, 2.05) is 6.07 Å². The van der Waals surface area contributed by atoms with Crippen LogP contribution in [0, 0.1) is 0 Å². The van der Waals surface area contributed by atoms with Crippen LogP contribution >= 0.6 is 0 Å². The summed E-state index contributed by atoms with van der Waals surface area (Å²) < 4.78 is 0. The fraction of sp³-hybridized carbons (Fsp3) is 0.333. The highest BCUT2D eigenvalue weighted by atomic mass is 16.3. The Morgan fingerprint density at radius 2 is 2.23 bits per heavy atom. The van der Waals surface area contributed by atoms with Crippen molar-refractivity contribution >= 4 is 0 Å². The predicted octanol–water partition coefficient (Wildman–Crippen LogP) is 1.98. The van der Waals surface area contributed by atoms with E-state index in [2.05, 4.69) is 24.8 Å². The molecule has 0 heterocycles. The fourth-order valence-corrected chi connectivity index (χ4v) is 2.13. The number of allylic oxidation sites excluding steroid dienone is 1. The number of rotatable bonds is 2. The Kier molecular flexibility index (Phi) is 2.09. The Labute approximate surface area is 78.7 Å². The number of aryl methyl sites for hydroxylation is 1. The zero-order valence-electron chi connectivity index (χ0n) is 7.62. The molecule has 0 amide bonds. The molecule has 1 unspecified atom stereocenters.